The summed E-state index contributed by atoms with van der Waals surface area (Å²) in [6.07, 6.45) is -1.22. The molecule has 1 heterocycles. The molecular formula is C21H22ClFN2O6S. The Morgan fingerprint density at radius 3 is 2.53 bits per heavy atom. The van der Waals surface area contributed by atoms with Crippen LogP contribution >= 0.6 is 11.6 Å². The molecule has 1 atom stereocenters. The van der Waals surface area contributed by atoms with E-state index < -0.39 is 33.8 Å². The van der Waals surface area contributed by atoms with Crippen molar-refractivity contribution in [1.82, 2.24) is 4.31 Å². The van der Waals surface area contributed by atoms with Gasteiger partial charge < -0.3 is 14.8 Å². The van der Waals surface area contributed by atoms with Crippen molar-refractivity contribution in [2.45, 2.75) is 24.8 Å². The maximum Gasteiger partial charge on any atom is 0.339 e. The van der Waals surface area contributed by atoms with Crippen molar-refractivity contribution < 1.29 is 31.9 Å². The normalized spacial score (nSPS) is 15.8. The van der Waals surface area contributed by atoms with E-state index in [1.165, 1.54) is 35.5 Å². The molecule has 0 spiro atoms. The van der Waals surface area contributed by atoms with Gasteiger partial charge in [0.1, 0.15) is 5.82 Å². The number of rotatable bonds is 6. The van der Waals surface area contributed by atoms with Crippen molar-refractivity contribution in [3.8, 4) is 0 Å². The predicted octanol–water partition coefficient (Wildman–Crippen LogP) is 2.99. The fourth-order valence-electron chi connectivity index (χ4n) is 3.02. The fraction of sp³-hybridized carbons (Fsp3) is 0.333. The first-order chi connectivity index (χ1) is 15.1. The lowest BCUT2D eigenvalue weighted by Gasteiger charge is -2.26. The third-order valence-electron chi connectivity index (χ3n) is 4.88. The summed E-state index contributed by atoms with van der Waals surface area (Å²) < 4.78 is 50.6. The molecule has 1 aliphatic rings. The monoisotopic (exact) mass is 484 g/mol. The van der Waals surface area contributed by atoms with Crippen LogP contribution in [0, 0.1) is 12.7 Å². The molecule has 1 aliphatic heterocycles. The zero-order chi connectivity index (χ0) is 23.5. The van der Waals surface area contributed by atoms with Crippen LogP contribution in [0.2, 0.25) is 5.02 Å². The van der Waals surface area contributed by atoms with Gasteiger partial charge in [0.15, 0.2) is 6.10 Å². The van der Waals surface area contributed by atoms with Crippen molar-refractivity contribution in [3.05, 3.63) is 58.4 Å². The number of anilines is 1. The number of amides is 1. The number of carbonyl (C=O) groups excluding carboxylic acids is 2. The number of halogens is 2. The number of nitrogens with zero attached hydrogens (tertiary/aromatic N) is 1. The highest BCUT2D eigenvalue weighted by Crippen LogP contribution is 2.24. The molecule has 0 bridgehead atoms. The molecular weight excluding hydrogens is 463 g/mol. The van der Waals surface area contributed by atoms with E-state index in [9.17, 15) is 22.4 Å². The molecule has 0 unspecified atom stereocenters. The maximum atomic E-state index is 13.2. The van der Waals surface area contributed by atoms with Gasteiger partial charge in [-0.3, -0.25) is 4.79 Å². The topological polar surface area (TPSA) is 102 Å². The van der Waals surface area contributed by atoms with E-state index in [4.69, 9.17) is 21.1 Å². The van der Waals surface area contributed by atoms with Gasteiger partial charge in [-0.2, -0.15) is 4.31 Å². The summed E-state index contributed by atoms with van der Waals surface area (Å²) in [4.78, 5) is 25.0. The van der Waals surface area contributed by atoms with Gasteiger partial charge in [-0.1, -0.05) is 17.7 Å². The molecule has 1 amide bonds. The lowest BCUT2D eigenvalue weighted by Crippen LogP contribution is -2.40. The summed E-state index contributed by atoms with van der Waals surface area (Å²) in [5.74, 6) is -2.09. The standard InChI is InChI=1S/C21H22ClFN2O6S/c1-13-3-5-16(32(28,29)25-7-9-30-10-8-25)12-17(13)21(27)31-14(2)20(26)24-19-6-4-15(23)11-18(19)22/h3-6,11-12,14H,7-10H2,1-2H3,(H,24,26)/t14-/m1/s1. The van der Waals surface area contributed by atoms with Crippen LogP contribution in [0.15, 0.2) is 41.3 Å². The highest BCUT2D eigenvalue weighted by Gasteiger charge is 2.28. The first-order valence-electron chi connectivity index (χ1n) is 9.75. The van der Waals surface area contributed by atoms with Gasteiger partial charge in [0.2, 0.25) is 10.0 Å². The van der Waals surface area contributed by atoms with Crippen molar-refractivity contribution in [1.29, 1.82) is 0 Å². The Bertz CT molecular complexity index is 1140. The molecule has 1 saturated heterocycles. The molecule has 32 heavy (non-hydrogen) atoms. The van der Waals surface area contributed by atoms with Gasteiger partial charge in [-0.25, -0.2) is 17.6 Å². The molecule has 2 aromatic carbocycles. The smallest absolute Gasteiger partial charge is 0.339 e. The molecule has 0 aromatic heterocycles. The Morgan fingerprint density at radius 1 is 1.19 bits per heavy atom. The fourth-order valence-corrected chi connectivity index (χ4v) is 4.67. The minimum absolute atomic E-state index is 0.00579. The summed E-state index contributed by atoms with van der Waals surface area (Å²) in [7, 11) is -3.81. The Hall–Kier alpha value is -2.53. The Labute approximate surface area is 190 Å². The summed E-state index contributed by atoms with van der Waals surface area (Å²) in [6.45, 7) is 4.02. The van der Waals surface area contributed by atoms with Crippen LogP contribution in [0.1, 0.15) is 22.8 Å². The summed E-state index contributed by atoms with van der Waals surface area (Å²) in [6, 6.07) is 7.62. The number of esters is 1. The summed E-state index contributed by atoms with van der Waals surface area (Å²) >= 11 is 5.89. The van der Waals surface area contributed by atoms with Gasteiger partial charge >= 0.3 is 5.97 Å². The quantitative estimate of drug-likeness (QED) is 0.632. The first-order valence-corrected chi connectivity index (χ1v) is 11.6. The molecule has 11 heteroatoms. The van der Waals surface area contributed by atoms with Gasteiger partial charge in [0, 0.05) is 13.1 Å². The molecule has 1 fully saturated rings. The number of benzene rings is 2. The van der Waals surface area contributed by atoms with Crippen molar-refractivity contribution in [3.63, 3.8) is 0 Å². The maximum absolute atomic E-state index is 13.2. The lowest BCUT2D eigenvalue weighted by molar-refractivity contribution is -0.123. The minimum atomic E-state index is -3.81. The van der Waals surface area contributed by atoms with E-state index in [1.807, 2.05) is 0 Å². The number of aryl methyl sites for hydroxylation is 1. The van der Waals surface area contributed by atoms with E-state index in [0.29, 0.717) is 18.8 Å². The van der Waals surface area contributed by atoms with Crippen LogP contribution in [0.4, 0.5) is 10.1 Å². The minimum Gasteiger partial charge on any atom is -0.449 e. The second-order valence-corrected chi connectivity index (χ2v) is 9.50. The number of ether oxygens (including phenoxy) is 2. The second-order valence-electron chi connectivity index (χ2n) is 7.15. The van der Waals surface area contributed by atoms with Crippen LogP contribution in [-0.2, 0) is 24.3 Å². The van der Waals surface area contributed by atoms with Crippen molar-refractivity contribution >= 4 is 39.2 Å². The van der Waals surface area contributed by atoms with Crippen LogP contribution in [0.25, 0.3) is 0 Å². The zero-order valence-corrected chi connectivity index (χ0v) is 19.0. The van der Waals surface area contributed by atoms with Gasteiger partial charge in [0.25, 0.3) is 5.91 Å². The van der Waals surface area contributed by atoms with Crippen molar-refractivity contribution in [2.24, 2.45) is 0 Å². The Balaban J connectivity index is 1.74. The van der Waals surface area contributed by atoms with Crippen LogP contribution < -0.4 is 5.32 Å². The SMILES string of the molecule is Cc1ccc(S(=O)(=O)N2CCOCC2)cc1C(=O)O[C@H](C)C(=O)Nc1ccc(F)cc1Cl. The average Bonchev–Trinajstić information content (AvgIpc) is 2.76. The van der Waals surface area contributed by atoms with Gasteiger partial charge in [0.05, 0.1) is 34.4 Å². The highest BCUT2D eigenvalue weighted by molar-refractivity contribution is 7.89. The molecule has 0 radical (unpaired) electrons. The number of hydrogen-bond acceptors (Lipinski definition) is 6. The van der Waals surface area contributed by atoms with Crippen molar-refractivity contribution in [2.75, 3.05) is 31.6 Å². The zero-order valence-electron chi connectivity index (χ0n) is 17.4. The highest BCUT2D eigenvalue weighted by atomic mass is 35.5. The number of nitrogens with one attached hydrogen (secondary N) is 1. The third-order valence-corrected chi connectivity index (χ3v) is 7.09. The van der Waals surface area contributed by atoms with E-state index in [1.54, 1.807) is 6.92 Å². The summed E-state index contributed by atoms with van der Waals surface area (Å²) in [5.41, 5.74) is 0.680. The van der Waals surface area contributed by atoms with E-state index >= 15 is 0 Å². The summed E-state index contributed by atoms with van der Waals surface area (Å²) in [5, 5.41) is 2.45. The molecule has 0 saturated carbocycles. The third kappa shape index (κ3) is 5.44. The average molecular weight is 485 g/mol. The van der Waals surface area contributed by atoms with Crippen LogP contribution in [0.3, 0.4) is 0 Å². The van der Waals surface area contributed by atoms with E-state index in [-0.39, 0.29) is 34.3 Å². The van der Waals surface area contributed by atoms with Crippen LogP contribution in [0.5, 0.6) is 0 Å². The largest absolute Gasteiger partial charge is 0.449 e. The molecule has 3 rings (SSSR count). The Kier molecular flexibility index (Phi) is 7.50. The number of morpholine rings is 1. The van der Waals surface area contributed by atoms with Crippen LogP contribution in [-0.4, -0.2) is 57.0 Å². The molecule has 0 aliphatic carbocycles. The second kappa shape index (κ2) is 9.95. The first kappa shape index (κ1) is 24.1. The van der Waals surface area contributed by atoms with E-state index in [0.717, 1.165) is 12.1 Å². The lowest BCUT2D eigenvalue weighted by atomic mass is 10.1. The Morgan fingerprint density at radius 2 is 1.88 bits per heavy atom. The molecule has 8 nitrogen and oxygen atoms in total. The van der Waals surface area contributed by atoms with Gasteiger partial charge in [-0.15, -0.1) is 0 Å². The number of hydrogen-bond donors (Lipinski definition) is 1. The molecule has 1 N–H and O–H groups in total. The van der Waals surface area contributed by atoms with Gasteiger partial charge in [-0.05, 0) is 49.7 Å². The molecule has 2 aromatic rings. The van der Waals surface area contributed by atoms with E-state index in [2.05, 4.69) is 5.32 Å². The number of sulfonamides is 1. The number of carbonyl (C=O) groups is 2. The predicted molar refractivity (Wildman–Crippen MR) is 116 cm³/mol. The molecule has 172 valence electrons.